The van der Waals surface area contributed by atoms with Crippen LogP contribution in [0.5, 0.6) is 0 Å². The summed E-state index contributed by atoms with van der Waals surface area (Å²) in [5, 5.41) is 6.07. The van der Waals surface area contributed by atoms with Gasteiger partial charge in [-0.25, -0.2) is 9.78 Å². The number of thiazole rings is 1. The zero-order chi connectivity index (χ0) is 14.8. The lowest BCUT2D eigenvalue weighted by atomic mass is 10.1. The highest BCUT2D eigenvalue weighted by Gasteiger charge is 2.27. The van der Waals surface area contributed by atoms with E-state index >= 15 is 0 Å². The van der Waals surface area contributed by atoms with E-state index < -0.39 is 0 Å². The molecule has 2 aromatic heterocycles. The molecule has 1 aliphatic rings. The Morgan fingerprint density at radius 1 is 1.57 bits per heavy atom. The number of nitrogens with one attached hydrogen (secondary N) is 1. The SMILES string of the molecule is CC(CNC(=O)N1CCn2cccc2C1C)c1nccs1. The van der Waals surface area contributed by atoms with Crippen molar-refractivity contribution in [3.8, 4) is 0 Å². The molecule has 0 spiro atoms. The van der Waals surface area contributed by atoms with E-state index in [2.05, 4.69) is 41.0 Å². The molecule has 0 aromatic carbocycles. The fourth-order valence-corrected chi connectivity index (χ4v) is 3.46. The van der Waals surface area contributed by atoms with Crippen LogP contribution in [0.3, 0.4) is 0 Å². The van der Waals surface area contributed by atoms with Gasteiger partial charge in [0.25, 0.3) is 0 Å². The smallest absolute Gasteiger partial charge is 0.318 e. The summed E-state index contributed by atoms with van der Waals surface area (Å²) < 4.78 is 2.21. The van der Waals surface area contributed by atoms with Gasteiger partial charge in [0, 0.05) is 49.0 Å². The van der Waals surface area contributed by atoms with Crippen LogP contribution < -0.4 is 5.32 Å². The maximum Gasteiger partial charge on any atom is 0.318 e. The van der Waals surface area contributed by atoms with Crippen LogP contribution in [0.15, 0.2) is 29.9 Å². The van der Waals surface area contributed by atoms with Gasteiger partial charge in [0.05, 0.1) is 11.0 Å². The van der Waals surface area contributed by atoms with Crippen molar-refractivity contribution in [1.29, 1.82) is 0 Å². The summed E-state index contributed by atoms with van der Waals surface area (Å²) in [6, 6.07) is 4.25. The number of carbonyl (C=O) groups is 1. The summed E-state index contributed by atoms with van der Waals surface area (Å²) in [4.78, 5) is 18.6. The monoisotopic (exact) mass is 304 g/mol. The molecule has 3 rings (SSSR count). The molecule has 0 saturated heterocycles. The highest BCUT2D eigenvalue weighted by molar-refractivity contribution is 7.09. The molecule has 3 heterocycles. The molecule has 2 unspecified atom stereocenters. The third-order valence-electron chi connectivity index (χ3n) is 4.04. The third kappa shape index (κ3) is 2.81. The van der Waals surface area contributed by atoms with Crippen LogP contribution in [0.2, 0.25) is 0 Å². The topological polar surface area (TPSA) is 50.2 Å². The Kier molecular flexibility index (Phi) is 3.96. The normalized spacial score (nSPS) is 19.1. The van der Waals surface area contributed by atoms with Crippen LogP contribution in [-0.2, 0) is 6.54 Å². The Hall–Kier alpha value is -1.82. The zero-order valence-corrected chi connectivity index (χ0v) is 13.1. The molecule has 0 aliphatic carbocycles. The van der Waals surface area contributed by atoms with Crippen LogP contribution >= 0.6 is 11.3 Å². The number of hydrogen-bond donors (Lipinski definition) is 1. The van der Waals surface area contributed by atoms with Crippen LogP contribution in [0.1, 0.15) is 36.5 Å². The highest BCUT2D eigenvalue weighted by atomic mass is 32.1. The number of rotatable bonds is 3. The van der Waals surface area contributed by atoms with Gasteiger partial charge in [-0.1, -0.05) is 6.92 Å². The number of urea groups is 1. The Bertz CT molecular complexity index is 607. The fraction of sp³-hybridized carbons (Fsp3) is 0.467. The minimum Gasteiger partial charge on any atom is -0.348 e. The van der Waals surface area contributed by atoms with E-state index in [1.807, 2.05) is 16.3 Å². The molecule has 112 valence electrons. The van der Waals surface area contributed by atoms with Crippen molar-refractivity contribution >= 4 is 17.4 Å². The Morgan fingerprint density at radius 3 is 3.19 bits per heavy atom. The van der Waals surface area contributed by atoms with Crippen molar-refractivity contribution in [3.63, 3.8) is 0 Å². The first kappa shape index (κ1) is 14.1. The van der Waals surface area contributed by atoms with E-state index in [9.17, 15) is 4.79 Å². The molecular formula is C15H20N4OS. The molecule has 2 aromatic rings. The molecule has 0 radical (unpaired) electrons. The van der Waals surface area contributed by atoms with Crippen LogP contribution in [0.25, 0.3) is 0 Å². The Morgan fingerprint density at radius 2 is 2.43 bits per heavy atom. The Labute approximate surface area is 128 Å². The number of amides is 2. The summed E-state index contributed by atoms with van der Waals surface area (Å²) in [6.07, 6.45) is 3.88. The van der Waals surface area contributed by atoms with E-state index in [1.165, 1.54) is 5.69 Å². The summed E-state index contributed by atoms with van der Waals surface area (Å²) in [5.41, 5.74) is 1.20. The van der Waals surface area contributed by atoms with Gasteiger partial charge in [0.1, 0.15) is 0 Å². The minimum atomic E-state index is 0.0124. The summed E-state index contributed by atoms with van der Waals surface area (Å²) >= 11 is 1.63. The first-order valence-corrected chi connectivity index (χ1v) is 8.13. The Balaban J connectivity index is 1.59. The summed E-state index contributed by atoms with van der Waals surface area (Å²) in [5.74, 6) is 0.248. The molecule has 2 amide bonds. The van der Waals surface area contributed by atoms with Crippen molar-refractivity contribution in [2.45, 2.75) is 32.4 Å². The lowest BCUT2D eigenvalue weighted by Crippen LogP contribution is -2.46. The lowest BCUT2D eigenvalue weighted by molar-refractivity contribution is 0.162. The second kappa shape index (κ2) is 5.89. The van der Waals surface area contributed by atoms with Crippen molar-refractivity contribution in [3.05, 3.63) is 40.6 Å². The standard InChI is InChI=1S/C15H20N4OS/c1-11(14-16-5-9-21-14)10-17-15(20)19-8-7-18-6-3-4-13(18)12(19)2/h3-6,9,11-12H,7-8,10H2,1-2H3,(H,17,20). The molecule has 5 nitrogen and oxygen atoms in total. The van der Waals surface area contributed by atoms with Gasteiger partial charge in [-0.05, 0) is 19.1 Å². The number of aromatic nitrogens is 2. The first-order chi connectivity index (χ1) is 10.2. The molecule has 0 saturated carbocycles. The van der Waals surface area contributed by atoms with Crippen LogP contribution in [0, 0.1) is 0 Å². The average Bonchev–Trinajstić information content (AvgIpc) is 3.15. The fourth-order valence-electron chi connectivity index (χ4n) is 2.76. The maximum absolute atomic E-state index is 12.4. The van der Waals surface area contributed by atoms with Crippen molar-refractivity contribution in [2.75, 3.05) is 13.1 Å². The largest absolute Gasteiger partial charge is 0.348 e. The molecule has 6 heteroatoms. The molecule has 21 heavy (non-hydrogen) atoms. The average molecular weight is 304 g/mol. The number of hydrogen-bond acceptors (Lipinski definition) is 3. The van der Waals surface area contributed by atoms with E-state index in [0.29, 0.717) is 6.54 Å². The molecule has 1 N–H and O–H groups in total. The van der Waals surface area contributed by atoms with Crippen molar-refractivity contribution in [1.82, 2.24) is 19.8 Å². The molecule has 0 bridgehead atoms. The second-order valence-electron chi connectivity index (χ2n) is 5.45. The van der Waals surface area contributed by atoms with Crippen LogP contribution in [-0.4, -0.2) is 33.6 Å². The summed E-state index contributed by atoms with van der Waals surface area (Å²) in [6.45, 7) is 6.40. The van der Waals surface area contributed by atoms with Gasteiger partial charge >= 0.3 is 6.03 Å². The van der Waals surface area contributed by atoms with Gasteiger partial charge in [-0.15, -0.1) is 11.3 Å². The maximum atomic E-state index is 12.4. The van der Waals surface area contributed by atoms with Crippen LogP contribution in [0.4, 0.5) is 4.79 Å². The number of carbonyl (C=O) groups excluding carboxylic acids is 1. The van der Waals surface area contributed by atoms with E-state index in [0.717, 1.165) is 18.1 Å². The van der Waals surface area contributed by atoms with E-state index in [-0.39, 0.29) is 18.0 Å². The number of fused-ring (bicyclic) bond motifs is 1. The lowest BCUT2D eigenvalue weighted by Gasteiger charge is -2.35. The predicted octanol–water partition coefficient (Wildman–Crippen LogP) is 2.83. The van der Waals surface area contributed by atoms with Crippen molar-refractivity contribution < 1.29 is 4.79 Å². The third-order valence-corrected chi connectivity index (χ3v) is 5.04. The number of nitrogens with zero attached hydrogens (tertiary/aromatic N) is 3. The van der Waals surface area contributed by atoms with E-state index in [1.54, 1.807) is 17.5 Å². The van der Waals surface area contributed by atoms with Gasteiger partial charge < -0.3 is 14.8 Å². The zero-order valence-electron chi connectivity index (χ0n) is 12.3. The van der Waals surface area contributed by atoms with E-state index in [4.69, 9.17) is 0 Å². The molecule has 2 atom stereocenters. The molecule has 1 aliphatic heterocycles. The first-order valence-electron chi connectivity index (χ1n) is 7.25. The van der Waals surface area contributed by atoms with Gasteiger partial charge in [-0.3, -0.25) is 0 Å². The van der Waals surface area contributed by atoms with Gasteiger partial charge in [0.2, 0.25) is 0 Å². The van der Waals surface area contributed by atoms with Crippen molar-refractivity contribution in [2.24, 2.45) is 0 Å². The van der Waals surface area contributed by atoms with Gasteiger partial charge in [-0.2, -0.15) is 0 Å². The highest BCUT2D eigenvalue weighted by Crippen LogP contribution is 2.25. The van der Waals surface area contributed by atoms with Gasteiger partial charge in [0.15, 0.2) is 0 Å². The second-order valence-corrected chi connectivity index (χ2v) is 6.38. The predicted molar refractivity (Wildman–Crippen MR) is 83.5 cm³/mol. The minimum absolute atomic E-state index is 0.0124. The molecule has 0 fully saturated rings. The summed E-state index contributed by atoms with van der Waals surface area (Å²) in [7, 11) is 0. The quantitative estimate of drug-likeness (QED) is 0.948. The molecular weight excluding hydrogens is 284 g/mol.